The van der Waals surface area contributed by atoms with Gasteiger partial charge < -0.3 is 15.0 Å². The first kappa shape index (κ1) is 27.5. The molecule has 1 amide bonds. The average Bonchev–Trinajstić information content (AvgIpc) is 3.36. The largest absolute Gasteiger partial charge is 0.425 e. The number of nitriles is 1. The summed E-state index contributed by atoms with van der Waals surface area (Å²) in [5.74, 6) is 0.407. The van der Waals surface area contributed by atoms with Crippen LogP contribution in [0.2, 0.25) is 0 Å². The Bertz CT molecular complexity index is 1610. The molecule has 1 saturated carbocycles. The van der Waals surface area contributed by atoms with Crippen LogP contribution in [-0.2, 0) is 20.8 Å². The number of halogens is 3. The van der Waals surface area contributed by atoms with Crippen LogP contribution in [0.4, 0.5) is 23.8 Å². The van der Waals surface area contributed by atoms with E-state index >= 15 is 0 Å². The number of hydrogen-bond donors (Lipinski definition) is 1. The van der Waals surface area contributed by atoms with Crippen LogP contribution in [0.25, 0.3) is 5.69 Å². The number of ether oxygens (including phenoxy) is 1. The normalized spacial score (nSPS) is 20.1. The fourth-order valence-electron chi connectivity index (χ4n) is 4.85. The van der Waals surface area contributed by atoms with Crippen molar-refractivity contribution in [3.05, 3.63) is 71.4 Å². The number of aromatic nitrogens is 2. The lowest BCUT2D eigenvalue weighted by Gasteiger charge is -2.27. The number of nitrogens with one attached hydrogen (secondary N) is 1. The molecule has 0 radical (unpaired) electrons. The summed E-state index contributed by atoms with van der Waals surface area (Å²) in [5, 5.41) is 15.1. The number of aryl methyl sites for hydroxylation is 2. The van der Waals surface area contributed by atoms with Gasteiger partial charge in [0.1, 0.15) is 11.4 Å². The van der Waals surface area contributed by atoms with Gasteiger partial charge >= 0.3 is 12.3 Å². The molecule has 2 fully saturated rings. The van der Waals surface area contributed by atoms with Crippen LogP contribution in [0.1, 0.15) is 36.1 Å². The second-order valence-electron chi connectivity index (χ2n) is 10.1. The van der Waals surface area contributed by atoms with Crippen molar-refractivity contribution in [2.24, 2.45) is 0 Å². The highest BCUT2D eigenvalue weighted by molar-refractivity contribution is 7.92. The van der Waals surface area contributed by atoms with Crippen LogP contribution in [-0.4, -0.2) is 47.9 Å². The van der Waals surface area contributed by atoms with Crippen LogP contribution in [0, 0.1) is 25.2 Å². The van der Waals surface area contributed by atoms with Crippen molar-refractivity contribution in [3.63, 3.8) is 0 Å². The first-order valence-corrected chi connectivity index (χ1v) is 14.1. The van der Waals surface area contributed by atoms with Crippen molar-refractivity contribution < 1.29 is 31.1 Å². The van der Waals surface area contributed by atoms with Gasteiger partial charge in [0.05, 0.1) is 33.2 Å². The van der Waals surface area contributed by atoms with Crippen LogP contribution >= 0.6 is 0 Å². The smallest absolute Gasteiger partial charge is 0.417 e. The molecule has 1 aliphatic carbocycles. The summed E-state index contributed by atoms with van der Waals surface area (Å²) in [6, 6.07) is 15.1. The predicted octanol–water partition coefficient (Wildman–Crippen LogP) is 4.67. The maximum absolute atomic E-state index is 13.7. The Hall–Kier alpha value is -4.05. The third kappa shape index (κ3) is 5.23. The molecular weight excluding hydrogens is 547 g/mol. The van der Waals surface area contributed by atoms with Crippen molar-refractivity contribution >= 4 is 21.7 Å². The Balaban J connectivity index is 1.54. The fourth-order valence-corrected chi connectivity index (χ4v) is 6.74. The number of benzene rings is 2. The molecule has 9 nitrogen and oxygen atoms in total. The van der Waals surface area contributed by atoms with Gasteiger partial charge in [0.2, 0.25) is 0 Å². The van der Waals surface area contributed by atoms with Gasteiger partial charge in [-0.2, -0.15) is 23.5 Å². The summed E-state index contributed by atoms with van der Waals surface area (Å²) in [7, 11) is -4.52. The Kier molecular flexibility index (Phi) is 6.78. The number of hydrogen-bond acceptors (Lipinski definition) is 7. The minimum atomic E-state index is -4.88. The molecule has 5 rings (SSSR count). The lowest BCUT2D eigenvalue weighted by atomic mass is 10.2. The van der Waals surface area contributed by atoms with Gasteiger partial charge in [-0.15, -0.1) is 0 Å². The average molecular weight is 574 g/mol. The number of rotatable bonds is 6. The second-order valence-corrected chi connectivity index (χ2v) is 12.3. The number of anilines is 1. The van der Waals surface area contributed by atoms with E-state index in [9.17, 15) is 31.6 Å². The highest BCUT2D eigenvalue weighted by Gasteiger charge is 2.49. The Morgan fingerprint density at radius 2 is 1.88 bits per heavy atom. The molecule has 210 valence electrons. The topological polar surface area (TPSA) is 117 Å². The van der Waals surface area contributed by atoms with E-state index in [0.717, 1.165) is 23.8 Å². The Morgan fingerprint density at radius 1 is 1.15 bits per heavy atom. The molecule has 2 aliphatic rings. The number of alkyl halides is 3. The van der Waals surface area contributed by atoms with Crippen molar-refractivity contribution in [1.82, 2.24) is 15.1 Å². The van der Waals surface area contributed by atoms with Crippen LogP contribution in [0.5, 0.6) is 0 Å². The summed E-state index contributed by atoms with van der Waals surface area (Å²) >= 11 is 0. The van der Waals surface area contributed by atoms with Gasteiger partial charge in [-0.25, -0.2) is 17.9 Å². The van der Waals surface area contributed by atoms with E-state index < -0.39 is 49.6 Å². The Morgan fingerprint density at radius 3 is 2.52 bits per heavy atom. The van der Waals surface area contributed by atoms with Crippen molar-refractivity contribution in [3.8, 4) is 11.8 Å². The highest BCUT2D eigenvalue weighted by atomic mass is 32.2. The summed E-state index contributed by atoms with van der Waals surface area (Å²) in [5.41, 5.74) is -0.0802. The number of alkyl carbamates (subject to hydrolysis) is 1. The fraction of sp³-hybridized carbons (Fsp3) is 0.370. The van der Waals surface area contributed by atoms with Crippen molar-refractivity contribution in [1.29, 1.82) is 5.26 Å². The SMILES string of the molecule is Cc1cccc(-n2nc(C)cc2N2C[C@H](S(=O)(=O)c3ccccc3C(F)(F)F)C[C@@H]2OC(=O)NC2(C#N)CC2)c1. The van der Waals surface area contributed by atoms with Crippen LogP contribution < -0.4 is 10.2 Å². The molecule has 0 unspecified atom stereocenters. The molecule has 0 spiro atoms. The van der Waals surface area contributed by atoms with Gasteiger partial charge in [-0.05, 0) is 56.5 Å². The molecule has 2 heterocycles. The van der Waals surface area contributed by atoms with Gasteiger partial charge in [-0.3, -0.25) is 0 Å². The molecule has 1 aromatic heterocycles. The van der Waals surface area contributed by atoms with E-state index in [1.54, 1.807) is 23.7 Å². The number of sulfone groups is 1. The summed E-state index contributed by atoms with van der Waals surface area (Å²) in [4.78, 5) is 13.5. The number of nitrogens with zero attached hydrogens (tertiary/aromatic N) is 4. The highest BCUT2D eigenvalue weighted by Crippen LogP contribution is 2.40. The lowest BCUT2D eigenvalue weighted by Crippen LogP contribution is -2.42. The molecule has 13 heteroatoms. The molecule has 3 aromatic rings. The van der Waals surface area contributed by atoms with E-state index in [-0.39, 0.29) is 13.0 Å². The second kappa shape index (κ2) is 9.85. The first-order chi connectivity index (χ1) is 18.8. The van der Waals surface area contributed by atoms with E-state index in [4.69, 9.17) is 4.74 Å². The molecule has 2 atom stereocenters. The zero-order valence-corrected chi connectivity index (χ0v) is 22.5. The molecule has 1 N–H and O–H groups in total. The Labute approximate surface area is 229 Å². The van der Waals surface area contributed by atoms with E-state index in [2.05, 4.69) is 10.4 Å². The van der Waals surface area contributed by atoms with Gasteiger partial charge in [0.15, 0.2) is 16.1 Å². The monoisotopic (exact) mass is 573 g/mol. The molecule has 1 aliphatic heterocycles. The molecule has 40 heavy (non-hydrogen) atoms. The summed E-state index contributed by atoms with van der Waals surface area (Å²) < 4.78 is 75.7. The standard InChI is InChI=1S/C27H26F3N5O4S/c1-17-6-5-7-19(12-17)35-23(13-18(2)33-35)34-15-20(14-24(34)39-25(36)32-26(16-31)10-11-26)40(37,38)22-9-4-3-8-21(22)27(28,29)30/h3-9,12-13,20,24H,10-11,14-15H2,1-2H3,(H,32,36)/t20-,24+/m1/s1. The van der Waals surface area contributed by atoms with Crippen LogP contribution in [0.15, 0.2) is 59.5 Å². The minimum Gasteiger partial charge on any atom is -0.425 e. The molecule has 0 bridgehead atoms. The predicted molar refractivity (Wildman–Crippen MR) is 138 cm³/mol. The first-order valence-electron chi connectivity index (χ1n) is 12.5. The lowest BCUT2D eigenvalue weighted by molar-refractivity contribution is -0.139. The quantitative estimate of drug-likeness (QED) is 0.456. The van der Waals surface area contributed by atoms with Crippen molar-refractivity contribution in [2.75, 3.05) is 11.4 Å². The van der Waals surface area contributed by atoms with E-state index in [0.29, 0.717) is 30.0 Å². The maximum Gasteiger partial charge on any atom is 0.417 e. The maximum atomic E-state index is 13.7. The molecule has 1 saturated heterocycles. The summed E-state index contributed by atoms with van der Waals surface area (Å²) in [6.07, 6.45) is -6.34. The van der Waals surface area contributed by atoms with Gasteiger partial charge in [-0.1, -0.05) is 24.3 Å². The van der Waals surface area contributed by atoms with E-state index in [1.807, 2.05) is 31.2 Å². The number of carbonyl (C=O) groups excluding carboxylic acids is 1. The van der Waals surface area contributed by atoms with Gasteiger partial charge in [0.25, 0.3) is 0 Å². The number of carbonyl (C=O) groups is 1. The molecule has 2 aromatic carbocycles. The van der Waals surface area contributed by atoms with Crippen LogP contribution in [0.3, 0.4) is 0 Å². The number of amides is 1. The van der Waals surface area contributed by atoms with E-state index in [1.165, 1.54) is 11.0 Å². The zero-order chi connectivity index (χ0) is 28.9. The molecular formula is C27H26F3N5O4S. The third-order valence-corrected chi connectivity index (χ3v) is 9.24. The van der Waals surface area contributed by atoms with Gasteiger partial charge in [0, 0.05) is 19.0 Å². The third-order valence-electron chi connectivity index (χ3n) is 7.05. The summed E-state index contributed by atoms with van der Waals surface area (Å²) in [6.45, 7) is 3.38. The van der Waals surface area contributed by atoms with Crippen molar-refractivity contribution in [2.45, 2.75) is 61.2 Å². The minimum absolute atomic E-state index is 0.257. The zero-order valence-electron chi connectivity index (χ0n) is 21.6.